The molecule has 0 saturated heterocycles. The van der Waals surface area contributed by atoms with Crippen LogP contribution in [0.15, 0.2) is 22.7 Å². The Morgan fingerprint density at radius 2 is 2.22 bits per heavy atom. The number of ether oxygens (including phenoxy) is 1. The average molecular weight is 309 g/mol. The Kier molecular flexibility index (Phi) is 4.26. The molecule has 1 aromatic rings. The molecule has 18 heavy (non-hydrogen) atoms. The quantitative estimate of drug-likeness (QED) is 0.878. The molecule has 3 nitrogen and oxygen atoms in total. The SMILES string of the molecule is N#CCC1(COc2ccc(Br)cc2CCN)CC1. The van der Waals surface area contributed by atoms with Crippen LogP contribution in [-0.4, -0.2) is 13.2 Å². The van der Waals surface area contributed by atoms with Gasteiger partial charge in [0.15, 0.2) is 0 Å². The Morgan fingerprint density at radius 1 is 1.44 bits per heavy atom. The minimum absolute atomic E-state index is 0.113. The average Bonchev–Trinajstić information content (AvgIpc) is 3.09. The van der Waals surface area contributed by atoms with Gasteiger partial charge in [-0.15, -0.1) is 0 Å². The Hall–Kier alpha value is -1.05. The molecule has 96 valence electrons. The van der Waals surface area contributed by atoms with Crippen molar-refractivity contribution in [2.24, 2.45) is 11.1 Å². The summed E-state index contributed by atoms with van der Waals surface area (Å²) in [5.74, 6) is 0.896. The molecule has 0 aliphatic heterocycles. The van der Waals surface area contributed by atoms with Crippen molar-refractivity contribution in [2.45, 2.75) is 25.7 Å². The molecule has 0 amide bonds. The number of nitriles is 1. The smallest absolute Gasteiger partial charge is 0.122 e. The number of hydrogen-bond donors (Lipinski definition) is 1. The van der Waals surface area contributed by atoms with Gasteiger partial charge in [-0.2, -0.15) is 5.26 Å². The van der Waals surface area contributed by atoms with Gasteiger partial charge in [0.2, 0.25) is 0 Å². The van der Waals surface area contributed by atoms with E-state index < -0.39 is 0 Å². The fourth-order valence-electron chi connectivity index (χ4n) is 1.99. The number of hydrogen-bond acceptors (Lipinski definition) is 3. The molecule has 1 aromatic carbocycles. The van der Waals surface area contributed by atoms with Crippen molar-refractivity contribution >= 4 is 15.9 Å². The topological polar surface area (TPSA) is 59.0 Å². The van der Waals surface area contributed by atoms with Crippen molar-refractivity contribution in [2.75, 3.05) is 13.2 Å². The molecule has 4 heteroatoms. The molecule has 0 aromatic heterocycles. The van der Waals surface area contributed by atoms with Crippen LogP contribution in [-0.2, 0) is 6.42 Å². The summed E-state index contributed by atoms with van der Waals surface area (Å²) in [5.41, 5.74) is 6.85. The summed E-state index contributed by atoms with van der Waals surface area (Å²) in [5, 5.41) is 8.79. The van der Waals surface area contributed by atoms with E-state index in [2.05, 4.69) is 22.0 Å². The van der Waals surface area contributed by atoms with Crippen LogP contribution in [0.2, 0.25) is 0 Å². The molecule has 1 fully saturated rings. The van der Waals surface area contributed by atoms with Gasteiger partial charge in [0.1, 0.15) is 5.75 Å². The predicted octanol–water partition coefficient (Wildman–Crippen LogP) is 3.02. The van der Waals surface area contributed by atoms with Gasteiger partial charge in [0, 0.05) is 16.3 Å². The molecule has 2 N–H and O–H groups in total. The van der Waals surface area contributed by atoms with Crippen molar-refractivity contribution in [1.29, 1.82) is 5.26 Å². The summed E-state index contributed by atoms with van der Waals surface area (Å²) >= 11 is 3.45. The highest BCUT2D eigenvalue weighted by Gasteiger charge is 2.43. The number of halogens is 1. The Labute approximate surface area is 116 Å². The van der Waals surface area contributed by atoms with E-state index in [1.165, 1.54) is 0 Å². The fraction of sp³-hybridized carbons (Fsp3) is 0.500. The van der Waals surface area contributed by atoms with Crippen LogP contribution in [0, 0.1) is 16.7 Å². The van der Waals surface area contributed by atoms with Crippen LogP contribution in [0.3, 0.4) is 0 Å². The van der Waals surface area contributed by atoms with Crippen molar-refractivity contribution in [3.8, 4) is 11.8 Å². The van der Waals surface area contributed by atoms with E-state index in [-0.39, 0.29) is 5.41 Å². The Balaban J connectivity index is 2.03. The maximum atomic E-state index is 8.79. The van der Waals surface area contributed by atoms with E-state index in [1.807, 2.05) is 18.2 Å². The third kappa shape index (κ3) is 3.24. The largest absolute Gasteiger partial charge is 0.493 e. The van der Waals surface area contributed by atoms with E-state index in [1.54, 1.807) is 0 Å². The second kappa shape index (κ2) is 5.73. The van der Waals surface area contributed by atoms with E-state index in [0.29, 0.717) is 19.6 Å². The maximum Gasteiger partial charge on any atom is 0.122 e. The lowest BCUT2D eigenvalue weighted by Gasteiger charge is -2.16. The molecule has 0 bridgehead atoms. The number of nitrogens with two attached hydrogens (primary N) is 1. The zero-order valence-corrected chi connectivity index (χ0v) is 11.9. The van der Waals surface area contributed by atoms with Crippen molar-refractivity contribution in [1.82, 2.24) is 0 Å². The van der Waals surface area contributed by atoms with E-state index in [4.69, 9.17) is 15.7 Å². The lowest BCUT2D eigenvalue weighted by molar-refractivity contribution is 0.235. The first-order chi connectivity index (χ1) is 8.69. The van der Waals surface area contributed by atoms with Crippen LogP contribution < -0.4 is 10.5 Å². The highest BCUT2D eigenvalue weighted by molar-refractivity contribution is 9.10. The maximum absolute atomic E-state index is 8.79. The lowest BCUT2D eigenvalue weighted by atomic mass is 10.1. The highest BCUT2D eigenvalue weighted by Crippen LogP contribution is 2.48. The minimum atomic E-state index is 0.113. The zero-order chi connectivity index (χ0) is 13.0. The van der Waals surface area contributed by atoms with Gasteiger partial charge in [0.25, 0.3) is 0 Å². The first kappa shape index (κ1) is 13.4. The molecule has 0 spiro atoms. The van der Waals surface area contributed by atoms with Crippen LogP contribution in [0.25, 0.3) is 0 Å². The Morgan fingerprint density at radius 3 is 2.83 bits per heavy atom. The first-order valence-corrected chi connectivity index (χ1v) is 6.97. The van der Waals surface area contributed by atoms with Crippen LogP contribution >= 0.6 is 15.9 Å². The number of nitrogens with zero attached hydrogens (tertiary/aromatic N) is 1. The van der Waals surface area contributed by atoms with Gasteiger partial charge in [-0.1, -0.05) is 15.9 Å². The second-order valence-electron chi connectivity index (χ2n) is 4.91. The highest BCUT2D eigenvalue weighted by atomic mass is 79.9. The molecular formula is C14H17BrN2O. The van der Waals surface area contributed by atoms with Gasteiger partial charge >= 0.3 is 0 Å². The van der Waals surface area contributed by atoms with Gasteiger partial charge in [-0.25, -0.2) is 0 Å². The summed E-state index contributed by atoms with van der Waals surface area (Å²) in [4.78, 5) is 0. The molecule has 0 atom stereocenters. The molecule has 2 rings (SSSR count). The van der Waals surface area contributed by atoms with Gasteiger partial charge in [-0.3, -0.25) is 0 Å². The van der Waals surface area contributed by atoms with Gasteiger partial charge < -0.3 is 10.5 Å². The normalized spacial score (nSPS) is 16.1. The molecule has 1 aliphatic rings. The monoisotopic (exact) mass is 308 g/mol. The minimum Gasteiger partial charge on any atom is -0.493 e. The van der Waals surface area contributed by atoms with Crippen LogP contribution in [0.1, 0.15) is 24.8 Å². The standard InChI is InChI=1S/C14H17BrN2O/c15-12-1-2-13(11(9-12)3-7-16)18-10-14(4-5-14)6-8-17/h1-2,9H,3-7,10,16H2. The lowest BCUT2D eigenvalue weighted by Crippen LogP contribution is -2.14. The zero-order valence-electron chi connectivity index (χ0n) is 10.3. The Bertz CT molecular complexity index is 463. The van der Waals surface area contributed by atoms with Crippen LogP contribution in [0.5, 0.6) is 5.75 Å². The summed E-state index contributed by atoms with van der Waals surface area (Å²) in [6.07, 6.45) is 3.60. The summed E-state index contributed by atoms with van der Waals surface area (Å²) in [7, 11) is 0. The van der Waals surface area contributed by atoms with E-state index in [0.717, 1.165) is 35.0 Å². The molecular weight excluding hydrogens is 292 g/mol. The van der Waals surface area contributed by atoms with Crippen molar-refractivity contribution in [3.63, 3.8) is 0 Å². The predicted molar refractivity (Wildman–Crippen MR) is 74.3 cm³/mol. The summed E-state index contributed by atoms with van der Waals surface area (Å²) in [6, 6.07) is 8.24. The van der Waals surface area contributed by atoms with Crippen molar-refractivity contribution < 1.29 is 4.74 Å². The van der Waals surface area contributed by atoms with Gasteiger partial charge in [0.05, 0.1) is 12.7 Å². The van der Waals surface area contributed by atoms with Gasteiger partial charge in [-0.05, 0) is 49.6 Å². The molecule has 1 aliphatic carbocycles. The first-order valence-electron chi connectivity index (χ1n) is 6.17. The third-order valence-corrected chi connectivity index (χ3v) is 3.87. The third-order valence-electron chi connectivity index (χ3n) is 3.38. The molecule has 0 radical (unpaired) electrons. The second-order valence-corrected chi connectivity index (χ2v) is 5.83. The van der Waals surface area contributed by atoms with Crippen LogP contribution in [0.4, 0.5) is 0 Å². The van der Waals surface area contributed by atoms with E-state index in [9.17, 15) is 0 Å². The molecule has 1 saturated carbocycles. The number of rotatable bonds is 6. The fourth-order valence-corrected chi connectivity index (χ4v) is 2.40. The summed E-state index contributed by atoms with van der Waals surface area (Å²) in [6.45, 7) is 1.25. The molecule has 0 unspecified atom stereocenters. The molecule has 0 heterocycles. The van der Waals surface area contributed by atoms with Crippen molar-refractivity contribution in [3.05, 3.63) is 28.2 Å². The van der Waals surface area contributed by atoms with E-state index >= 15 is 0 Å². The number of benzene rings is 1. The summed E-state index contributed by atoms with van der Waals surface area (Å²) < 4.78 is 6.94.